The Morgan fingerprint density at radius 2 is 2.39 bits per heavy atom. The van der Waals surface area contributed by atoms with Crippen LogP contribution >= 0.6 is 11.3 Å². The lowest BCUT2D eigenvalue weighted by molar-refractivity contribution is -0.130. The molecule has 0 radical (unpaired) electrons. The molecule has 0 aromatic carbocycles. The van der Waals surface area contributed by atoms with Crippen molar-refractivity contribution in [1.82, 2.24) is 20.0 Å². The zero-order chi connectivity index (χ0) is 15.8. The summed E-state index contributed by atoms with van der Waals surface area (Å²) in [6.45, 7) is 3.06. The molecule has 4 rings (SSSR count). The van der Waals surface area contributed by atoms with Crippen molar-refractivity contribution >= 4 is 27.5 Å². The van der Waals surface area contributed by atoms with Crippen LogP contribution in [0.25, 0.3) is 21.6 Å². The van der Waals surface area contributed by atoms with Crippen LogP contribution in [0.3, 0.4) is 0 Å². The van der Waals surface area contributed by atoms with Crippen LogP contribution < -0.4 is 0 Å². The average molecular weight is 328 g/mol. The predicted octanol–water partition coefficient (Wildman–Crippen LogP) is 3.07. The molecule has 4 heterocycles. The Hall–Kier alpha value is -2.28. The van der Waals surface area contributed by atoms with Crippen molar-refractivity contribution in [3.63, 3.8) is 0 Å². The van der Waals surface area contributed by atoms with Gasteiger partial charge in [0.05, 0.1) is 16.1 Å². The van der Waals surface area contributed by atoms with Crippen molar-refractivity contribution in [3.8, 4) is 11.4 Å². The van der Waals surface area contributed by atoms with Crippen LogP contribution in [0.15, 0.2) is 28.2 Å². The van der Waals surface area contributed by atoms with Gasteiger partial charge in [-0.15, -0.1) is 11.3 Å². The first-order chi connectivity index (χ1) is 11.2. The summed E-state index contributed by atoms with van der Waals surface area (Å²) in [6.07, 6.45) is 3.70. The normalized spacial score (nSPS) is 18.5. The number of piperidine rings is 1. The van der Waals surface area contributed by atoms with Gasteiger partial charge in [-0.3, -0.25) is 9.78 Å². The highest BCUT2D eigenvalue weighted by atomic mass is 32.1. The molecule has 6 nitrogen and oxygen atoms in total. The van der Waals surface area contributed by atoms with Gasteiger partial charge in [-0.1, -0.05) is 5.16 Å². The Balaban J connectivity index is 1.59. The predicted molar refractivity (Wildman–Crippen MR) is 87.1 cm³/mol. The molecule has 0 aliphatic carbocycles. The molecular formula is C16H16N4O2S. The molecule has 0 bridgehead atoms. The molecular weight excluding hydrogens is 312 g/mol. The van der Waals surface area contributed by atoms with Gasteiger partial charge in [0.25, 0.3) is 0 Å². The topological polar surface area (TPSA) is 72.1 Å². The third-order valence-electron chi connectivity index (χ3n) is 4.22. The second-order valence-corrected chi connectivity index (χ2v) is 6.74. The fraction of sp³-hybridized carbons (Fsp3) is 0.375. The van der Waals surface area contributed by atoms with Gasteiger partial charge >= 0.3 is 0 Å². The van der Waals surface area contributed by atoms with E-state index in [1.54, 1.807) is 24.5 Å². The standard InChI is InChI=1S/C16H16N4O2S/c1-10(21)20-5-2-3-11(9-20)16-18-15(19-22-16)12-7-14-13(17-8-12)4-6-23-14/h4,6-8,11H,2-3,5,9H2,1H3/t11-/m0/s1. The van der Waals surface area contributed by atoms with E-state index in [1.807, 2.05) is 22.4 Å². The molecule has 1 aliphatic heterocycles. The summed E-state index contributed by atoms with van der Waals surface area (Å²) in [6, 6.07) is 4.02. The highest BCUT2D eigenvalue weighted by Crippen LogP contribution is 2.29. The van der Waals surface area contributed by atoms with E-state index in [2.05, 4.69) is 15.1 Å². The van der Waals surface area contributed by atoms with Gasteiger partial charge in [-0.25, -0.2) is 0 Å². The summed E-state index contributed by atoms with van der Waals surface area (Å²) in [4.78, 5) is 22.3. The first-order valence-corrected chi connectivity index (χ1v) is 8.51. The number of thiophene rings is 1. The van der Waals surface area contributed by atoms with Gasteiger partial charge in [0.15, 0.2) is 0 Å². The van der Waals surface area contributed by atoms with Gasteiger partial charge in [0.2, 0.25) is 17.6 Å². The summed E-state index contributed by atoms with van der Waals surface area (Å²) in [5.41, 5.74) is 1.83. The highest BCUT2D eigenvalue weighted by molar-refractivity contribution is 7.17. The fourth-order valence-corrected chi connectivity index (χ4v) is 3.73. The minimum atomic E-state index is 0.0989. The summed E-state index contributed by atoms with van der Waals surface area (Å²) in [7, 11) is 0. The third kappa shape index (κ3) is 2.72. The monoisotopic (exact) mass is 328 g/mol. The minimum absolute atomic E-state index is 0.0989. The molecule has 0 saturated carbocycles. The lowest BCUT2D eigenvalue weighted by Gasteiger charge is -2.29. The van der Waals surface area contributed by atoms with Crippen molar-refractivity contribution in [2.24, 2.45) is 0 Å². The van der Waals surface area contributed by atoms with Crippen LogP contribution in [0.1, 0.15) is 31.6 Å². The quantitative estimate of drug-likeness (QED) is 0.723. The van der Waals surface area contributed by atoms with Crippen molar-refractivity contribution in [3.05, 3.63) is 29.6 Å². The molecule has 1 amide bonds. The second kappa shape index (κ2) is 5.73. The second-order valence-electron chi connectivity index (χ2n) is 5.79. The average Bonchev–Trinajstić information content (AvgIpc) is 3.23. The van der Waals surface area contributed by atoms with Gasteiger partial charge in [-0.2, -0.15) is 4.98 Å². The number of likely N-dealkylation sites (tertiary alicyclic amines) is 1. The zero-order valence-corrected chi connectivity index (χ0v) is 13.5. The molecule has 1 fully saturated rings. The molecule has 3 aromatic rings. The molecule has 118 valence electrons. The van der Waals surface area contributed by atoms with Gasteiger partial charge in [-0.05, 0) is 30.4 Å². The van der Waals surface area contributed by atoms with E-state index in [9.17, 15) is 4.79 Å². The van der Waals surface area contributed by atoms with E-state index in [4.69, 9.17) is 4.52 Å². The van der Waals surface area contributed by atoms with Crippen LogP contribution in [0, 0.1) is 0 Å². The molecule has 1 aliphatic rings. The maximum Gasteiger partial charge on any atom is 0.231 e. The van der Waals surface area contributed by atoms with Gasteiger partial charge in [0.1, 0.15) is 0 Å². The largest absolute Gasteiger partial charge is 0.342 e. The van der Waals surface area contributed by atoms with E-state index in [0.29, 0.717) is 18.3 Å². The van der Waals surface area contributed by atoms with Crippen molar-refractivity contribution in [2.75, 3.05) is 13.1 Å². The molecule has 3 aromatic heterocycles. The number of nitrogens with zero attached hydrogens (tertiary/aromatic N) is 4. The molecule has 1 atom stereocenters. The Kier molecular flexibility index (Phi) is 3.57. The maximum absolute atomic E-state index is 11.6. The molecule has 0 spiro atoms. The highest BCUT2D eigenvalue weighted by Gasteiger charge is 2.27. The molecule has 1 saturated heterocycles. The SMILES string of the molecule is CC(=O)N1CCC[C@H](c2nc(-c3cnc4ccsc4c3)no2)C1. The third-order valence-corrected chi connectivity index (χ3v) is 5.07. The molecule has 0 unspecified atom stereocenters. The van der Waals surface area contributed by atoms with Crippen LogP contribution in [0.4, 0.5) is 0 Å². The number of hydrogen-bond donors (Lipinski definition) is 0. The summed E-state index contributed by atoms with van der Waals surface area (Å²) < 4.78 is 6.56. The van der Waals surface area contributed by atoms with Crippen molar-refractivity contribution in [2.45, 2.75) is 25.7 Å². The van der Waals surface area contributed by atoms with E-state index < -0.39 is 0 Å². The summed E-state index contributed by atoms with van der Waals surface area (Å²) >= 11 is 1.64. The van der Waals surface area contributed by atoms with Crippen LogP contribution in [0.5, 0.6) is 0 Å². The number of fused-ring (bicyclic) bond motifs is 1. The van der Waals surface area contributed by atoms with E-state index in [-0.39, 0.29) is 11.8 Å². The Bertz CT molecular complexity index is 857. The first kappa shape index (κ1) is 14.3. The van der Waals surface area contributed by atoms with Crippen molar-refractivity contribution < 1.29 is 9.32 Å². The molecule has 23 heavy (non-hydrogen) atoms. The van der Waals surface area contributed by atoms with Gasteiger partial charge in [0, 0.05) is 31.8 Å². The Labute approximate surface area is 137 Å². The number of aromatic nitrogens is 3. The Morgan fingerprint density at radius 1 is 1.48 bits per heavy atom. The summed E-state index contributed by atoms with van der Waals surface area (Å²) in [5.74, 6) is 1.38. The number of amides is 1. The lowest BCUT2D eigenvalue weighted by atomic mass is 9.98. The van der Waals surface area contributed by atoms with E-state index in [1.165, 1.54) is 0 Å². The lowest BCUT2D eigenvalue weighted by Crippen LogP contribution is -2.37. The van der Waals surface area contributed by atoms with Gasteiger partial charge < -0.3 is 9.42 Å². The maximum atomic E-state index is 11.6. The van der Waals surface area contributed by atoms with Crippen LogP contribution in [-0.4, -0.2) is 39.0 Å². The van der Waals surface area contributed by atoms with Crippen molar-refractivity contribution in [1.29, 1.82) is 0 Å². The first-order valence-electron chi connectivity index (χ1n) is 7.63. The molecule has 0 N–H and O–H groups in total. The number of hydrogen-bond acceptors (Lipinski definition) is 6. The van der Waals surface area contributed by atoms with Crippen LogP contribution in [0.2, 0.25) is 0 Å². The zero-order valence-electron chi connectivity index (χ0n) is 12.7. The number of carbonyl (C=O) groups excluding carboxylic acids is 1. The fourth-order valence-electron chi connectivity index (χ4n) is 2.95. The summed E-state index contributed by atoms with van der Waals surface area (Å²) in [5, 5.41) is 6.11. The number of rotatable bonds is 2. The molecule has 7 heteroatoms. The number of carbonyl (C=O) groups is 1. The Morgan fingerprint density at radius 3 is 3.26 bits per heavy atom. The number of pyridine rings is 1. The minimum Gasteiger partial charge on any atom is -0.342 e. The van der Waals surface area contributed by atoms with E-state index >= 15 is 0 Å². The van der Waals surface area contributed by atoms with E-state index in [0.717, 1.165) is 35.2 Å². The smallest absolute Gasteiger partial charge is 0.231 e. The van der Waals surface area contributed by atoms with Crippen LogP contribution in [-0.2, 0) is 4.79 Å².